The molecule has 0 atom stereocenters. The minimum absolute atomic E-state index is 0.133. The summed E-state index contributed by atoms with van der Waals surface area (Å²) in [5.41, 5.74) is 14.5. The van der Waals surface area contributed by atoms with Crippen LogP contribution < -0.4 is 22.1 Å². The zero-order chi connectivity index (χ0) is 19.7. The zero-order valence-electron chi connectivity index (χ0n) is 15.4. The van der Waals surface area contributed by atoms with Crippen LogP contribution in [-0.2, 0) is 0 Å². The molecule has 1 aliphatic rings. The van der Waals surface area contributed by atoms with Crippen LogP contribution in [0.2, 0.25) is 0 Å². The number of rotatable bonds is 7. The van der Waals surface area contributed by atoms with Crippen molar-refractivity contribution in [2.45, 2.75) is 6.42 Å². The third-order valence-electron chi connectivity index (χ3n) is 4.91. The lowest BCUT2D eigenvalue weighted by Crippen LogP contribution is -2.25. The van der Waals surface area contributed by atoms with Gasteiger partial charge in [-0.3, -0.25) is 9.59 Å². The maximum atomic E-state index is 13.4. The number of ketones is 2. The highest BCUT2D eigenvalue weighted by Gasteiger charge is 2.35. The van der Waals surface area contributed by atoms with Gasteiger partial charge < -0.3 is 22.1 Å². The number of nitrogens with two attached hydrogens (primary N) is 2. The molecule has 144 valence electrons. The normalized spacial score (nSPS) is 12.8. The van der Waals surface area contributed by atoms with Gasteiger partial charge in [-0.05, 0) is 24.4 Å². The summed E-state index contributed by atoms with van der Waals surface area (Å²) in [5, 5.41) is 9.56. The highest BCUT2D eigenvalue weighted by Crippen LogP contribution is 2.45. The predicted molar refractivity (Wildman–Crippen MR) is 115 cm³/mol. The Kier molecular flexibility index (Phi) is 5.13. The van der Waals surface area contributed by atoms with E-state index >= 15 is 0 Å². The van der Waals surface area contributed by atoms with Crippen LogP contribution in [0.3, 0.4) is 0 Å². The van der Waals surface area contributed by atoms with Gasteiger partial charge in [0.1, 0.15) is 0 Å². The zero-order valence-corrected chi connectivity index (χ0v) is 16.2. The maximum Gasteiger partial charge on any atom is 0.196 e. The van der Waals surface area contributed by atoms with E-state index in [1.165, 1.54) is 0 Å². The molecule has 0 fully saturated rings. The van der Waals surface area contributed by atoms with Crippen molar-refractivity contribution in [1.29, 1.82) is 0 Å². The second kappa shape index (κ2) is 7.71. The second-order valence-electron chi connectivity index (χ2n) is 6.65. The fraction of sp³-hybridized carbons (Fsp3) is 0.238. The highest BCUT2D eigenvalue weighted by atomic mass is 32.1. The van der Waals surface area contributed by atoms with Crippen LogP contribution in [0.25, 0.3) is 10.1 Å². The summed E-state index contributed by atoms with van der Waals surface area (Å²) in [6.07, 6.45) is 0.771. The quantitative estimate of drug-likeness (QED) is 0.283. The van der Waals surface area contributed by atoms with Gasteiger partial charge >= 0.3 is 0 Å². The predicted octanol–water partition coefficient (Wildman–Crippen LogP) is 2.81. The molecule has 0 bridgehead atoms. The third kappa shape index (κ3) is 2.88. The van der Waals surface area contributed by atoms with Gasteiger partial charge in [-0.15, -0.1) is 11.3 Å². The molecule has 1 aliphatic carbocycles. The summed E-state index contributed by atoms with van der Waals surface area (Å²) >= 11 is 1.55. The average molecular weight is 395 g/mol. The Hall–Kier alpha value is -2.74. The Bertz CT molecular complexity index is 1070. The summed E-state index contributed by atoms with van der Waals surface area (Å²) in [5.74, 6) is -0.272. The van der Waals surface area contributed by atoms with Crippen molar-refractivity contribution >= 4 is 44.4 Å². The average Bonchev–Trinajstić information content (AvgIpc) is 3.20. The third-order valence-corrected chi connectivity index (χ3v) is 5.84. The molecular weight excluding hydrogens is 372 g/mol. The van der Waals surface area contributed by atoms with E-state index in [1.807, 2.05) is 11.4 Å². The minimum Gasteiger partial charge on any atom is -0.383 e. The lowest BCUT2D eigenvalue weighted by molar-refractivity contribution is 0.0980. The number of carbonyl (C=O) groups is 2. The molecular formula is C21H22N4O2S. The van der Waals surface area contributed by atoms with Crippen LogP contribution in [0, 0.1) is 0 Å². The van der Waals surface area contributed by atoms with Crippen LogP contribution in [0.1, 0.15) is 38.3 Å². The molecule has 4 rings (SSSR count). The van der Waals surface area contributed by atoms with Crippen LogP contribution in [-0.4, -0.2) is 37.7 Å². The smallest absolute Gasteiger partial charge is 0.196 e. The number of hydrogen-bond donors (Lipinski definition) is 4. The van der Waals surface area contributed by atoms with Gasteiger partial charge in [0.25, 0.3) is 0 Å². The van der Waals surface area contributed by atoms with Gasteiger partial charge in [-0.1, -0.05) is 24.3 Å². The molecule has 1 heterocycles. The Morgan fingerprint density at radius 2 is 1.46 bits per heavy atom. The first-order chi connectivity index (χ1) is 13.7. The number of anilines is 2. The fourth-order valence-electron chi connectivity index (χ4n) is 3.67. The molecule has 7 heteroatoms. The van der Waals surface area contributed by atoms with Crippen LogP contribution in [0.4, 0.5) is 11.4 Å². The van der Waals surface area contributed by atoms with Gasteiger partial charge in [0.2, 0.25) is 0 Å². The summed E-state index contributed by atoms with van der Waals surface area (Å²) in [6, 6.07) is 8.98. The molecule has 0 unspecified atom stereocenters. The Labute approximate surface area is 166 Å². The number of thiophene rings is 1. The monoisotopic (exact) mass is 394 g/mol. The van der Waals surface area contributed by atoms with Gasteiger partial charge in [0.05, 0.1) is 27.2 Å². The van der Waals surface area contributed by atoms with Crippen molar-refractivity contribution < 1.29 is 9.59 Å². The van der Waals surface area contributed by atoms with Crippen molar-refractivity contribution in [1.82, 2.24) is 0 Å². The van der Waals surface area contributed by atoms with E-state index in [9.17, 15) is 9.59 Å². The first-order valence-electron chi connectivity index (χ1n) is 9.32. The van der Waals surface area contributed by atoms with Crippen molar-refractivity contribution in [2.75, 3.05) is 36.8 Å². The van der Waals surface area contributed by atoms with Crippen molar-refractivity contribution in [3.63, 3.8) is 0 Å². The Morgan fingerprint density at radius 1 is 0.821 bits per heavy atom. The summed E-state index contributed by atoms with van der Waals surface area (Å²) in [7, 11) is 0. The van der Waals surface area contributed by atoms with Crippen molar-refractivity contribution in [3.05, 3.63) is 58.0 Å². The molecule has 0 radical (unpaired) electrons. The van der Waals surface area contributed by atoms with E-state index in [-0.39, 0.29) is 11.6 Å². The molecule has 0 spiro atoms. The lowest BCUT2D eigenvalue weighted by Gasteiger charge is -2.25. The number of carbonyl (C=O) groups excluding carboxylic acids is 2. The highest BCUT2D eigenvalue weighted by molar-refractivity contribution is 7.18. The molecule has 28 heavy (non-hydrogen) atoms. The van der Waals surface area contributed by atoms with E-state index < -0.39 is 0 Å². The number of hydrogen-bond acceptors (Lipinski definition) is 7. The number of nitrogens with one attached hydrogen (secondary N) is 2. The molecule has 0 amide bonds. The molecule has 0 saturated carbocycles. The lowest BCUT2D eigenvalue weighted by atomic mass is 9.81. The van der Waals surface area contributed by atoms with Gasteiger partial charge in [0.15, 0.2) is 11.6 Å². The van der Waals surface area contributed by atoms with Gasteiger partial charge in [-0.25, -0.2) is 0 Å². The SMILES string of the molecule is NCCCNc1c2c(c(NCCN)c3ccsc13)C(=O)c1ccccc1C2=O. The number of benzene rings is 2. The molecule has 2 aromatic carbocycles. The molecule has 6 nitrogen and oxygen atoms in total. The van der Waals surface area contributed by atoms with Crippen molar-refractivity contribution in [3.8, 4) is 0 Å². The molecule has 6 N–H and O–H groups in total. The topological polar surface area (TPSA) is 110 Å². The standard InChI is InChI=1S/C21H22N4O2S/c22-7-3-9-24-18-16-15(17(25-10-8-23)14-6-11-28-21(14)18)19(26)12-4-1-2-5-13(12)20(16)27/h1-2,4-6,11,24-25H,3,7-10,22-23H2. The van der Waals surface area contributed by atoms with Crippen molar-refractivity contribution in [2.24, 2.45) is 11.5 Å². The van der Waals surface area contributed by atoms with Gasteiger partial charge in [-0.2, -0.15) is 0 Å². The maximum absolute atomic E-state index is 13.4. The minimum atomic E-state index is -0.139. The molecule has 0 aliphatic heterocycles. The van der Waals surface area contributed by atoms with Crippen LogP contribution >= 0.6 is 11.3 Å². The first kappa shape index (κ1) is 18.6. The summed E-state index contributed by atoms with van der Waals surface area (Å²) in [4.78, 5) is 26.9. The first-order valence-corrected chi connectivity index (χ1v) is 10.2. The Balaban J connectivity index is 2.01. The van der Waals surface area contributed by atoms with Crippen LogP contribution in [0.15, 0.2) is 35.7 Å². The molecule has 3 aromatic rings. The summed E-state index contributed by atoms with van der Waals surface area (Å²) in [6.45, 7) is 2.12. The van der Waals surface area contributed by atoms with E-state index in [2.05, 4.69) is 10.6 Å². The van der Waals surface area contributed by atoms with E-state index in [0.29, 0.717) is 54.1 Å². The fourth-order valence-corrected chi connectivity index (χ4v) is 4.59. The molecule has 0 saturated heterocycles. The summed E-state index contributed by atoms with van der Waals surface area (Å²) < 4.78 is 0.954. The number of fused-ring (bicyclic) bond motifs is 3. The van der Waals surface area contributed by atoms with E-state index in [1.54, 1.807) is 35.6 Å². The van der Waals surface area contributed by atoms with Crippen LogP contribution in [0.5, 0.6) is 0 Å². The Morgan fingerprint density at radius 3 is 2.11 bits per heavy atom. The van der Waals surface area contributed by atoms with E-state index in [4.69, 9.17) is 11.5 Å². The second-order valence-corrected chi connectivity index (χ2v) is 7.57. The van der Waals surface area contributed by atoms with E-state index in [0.717, 1.165) is 22.2 Å². The van der Waals surface area contributed by atoms with Gasteiger partial charge in [0, 0.05) is 36.1 Å². The largest absolute Gasteiger partial charge is 0.383 e. The molecule has 1 aromatic heterocycles.